The van der Waals surface area contributed by atoms with Crippen molar-refractivity contribution >= 4 is 40.2 Å². The Kier molecular flexibility index (Phi) is 6.13. The van der Waals surface area contributed by atoms with Crippen LogP contribution in [0, 0.1) is 13.8 Å². The molecule has 1 N–H and O–H groups in total. The number of fused-ring (bicyclic) bond motifs is 1. The molecule has 0 unspecified atom stereocenters. The Morgan fingerprint density at radius 2 is 1.83 bits per heavy atom. The fourth-order valence-electron chi connectivity index (χ4n) is 3.87. The minimum atomic E-state index is -0.0290. The fourth-order valence-corrected chi connectivity index (χ4v) is 4.76. The summed E-state index contributed by atoms with van der Waals surface area (Å²) in [7, 11) is 0. The van der Waals surface area contributed by atoms with Gasteiger partial charge in [0.2, 0.25) is 11.8 Å². The summed E-state index contributed by atoms with van der Waals surface area (Å²) < 4.78 is 2.01. The number of anilines is 1. The van der Waals surface area contributed by atoms with Crippen LogP contribution in [-0.2, 0) is 16.1 Å². The number of likely N-dealkylation sites (tertiary alicyclic amines) is 1. The standard InChI is InChI=1S/C24H27N3O2S/c1-17-9-10-18(2)20(13-17)25-23(28)16-30-22-14-27(21-8-4-3-7-19(21)22)15-24(29)26-11-5-6-12-26/h3-4,7-10,13-14H,5-6,11-12,15-16H2,1-2H3,(H,25,28). The van der Waals surface area contributed by atoms with E-state index in [2.05, 4.69) is 11.4 Å². The minimum absolute atomic E-state index is 0.0290. The molecular formula is C24H27N3O2S. The van der Waals surface area contributed by atoms with E-state index in [0.29, 0.717) is 12.3 Å². The van der Waals surface area contributed by atoms with Crippen LogP contribution >= 0.6 is 11.8 Å². The van der Waals surface area contributed by atoms with Crippen molar-refractivity contribution in [2.24, 2.45) is 0 Å². The van der Waals surface area contributed by atoms with Crippen molar-refractivity contribution in [2.45, 2.75) is 38.1 Å². The van der Waals surface area contributed by atoms with Crippen molar-refractivity contribution < 1.29 is 9.59 Å². The lowest BCUT2D eigenvalue weighted by atomic mass is 10.1. The molecule has 0 atom stereocenters. The summed E-state index contributed by atoms with van der Waals surface area (Å²) in [4.78, 5) is 28.1. The first-order valence-electron chi connectivity index (χ1n) is 10.4. The Balaban J connectivity index is 1.46. The van der Waals surface area contributed by atoms with Crippen molar-refractivity contribution in [3.63, 3.8) is 0 Å². The van der Waals surface area contributed by atoms with Gasteiger partial charge in [-0.3, -0.25) is 9.59 Å². The molecule has 2 heterocycles. The van der Waals surface area contributed by atoms with Crippen LogP contribution in [0.5, 0.6) is 0 Å². The van der Waals surface area contributed by atoms with Gasteiger partial charge < -0.3 is 14.8 Å². The number of aromatic nitrogens is 1. The fraction of sp³-hybridized carbons (Fsp3) is 0.333. The zero-order valence-corrected chi connectivity index (χ0v) is 18.3. The first-order valence-corrected chi connectivity index (χ1v) is 11.4. The highest BCUT2D eigenvalue weighted by molar-refractivity contribution is 8.00. The second-order valence-electron chi connectivity index (χ2n) is 7.88. The van der Waals surface area contributed by atoms with Gasteiger partial charge >= 0.3 is 0 Å². The highest BCUT2D eigenvalue weighted by Gasteiger charge is 2.19. The Morgan fingerprint density at radius 3 is 2.63 bits per heavy atom. The molecule has 156 valence electrons. The topological polar surface area (TPSA) is 54.3 Å². The molecule has 0 saturated carbocycles. The van der Waals surface area contributed by atoms with Crippen LogP contribution in [0.1, 0.15) is 24.0 Å². The van der Waals surface area contributed by atoms with Gasteiger partial charge in [-0.25, -0.2) is 0 Å². The van der Waals surface area contributed by atoms with E-state index in [-0.39, 0.29) is 11.8 Å². The number of amides is 2. The second-order valence-corrected chi connectivity index (χ2v) is 8.90. The highest BCUT2D eigenvalue weighted by atomic mass is 32.2. The maximum Gasteiger partial charge on any atom is 0.242 e. The summed E-state index contributed by atoms with van der Waals surface area (Å²) in [6, 6.07) is 14.1. The van der Waals surface area contributed by atoms with E-state index >= 15 is 0 Å². The van der Waals surface area contributed by atoms with Crippen LogP contribution in [0.2, 0.25) is 0 Å². The van der Waals surface area contributed by atoms with Crippen molar-refractivity contribution in [3.8, 4) is 0 Å². The zero-order chi connectivity index (χ0) is 21.1. The maximum atomic E-state index is 12.6. The predicted molar refractivity (Wildman–Crippen MR) is 123 cm³/mol. The van der Waals surface area contributed by atoms with Crippen LogP contribution in [-0.4, -0.2) is 40.1 Å². The largest absolute Gasteiger partial charge is 0.341 e. The normalized spacial score (nSPS) is 13.7. The van der Waals surface area contributed by atoms with Gasteiger partial charge in [-0.1, -0.05) is 30.3 Å². The van der Waals surface area contributed by atoms with Gasteiger partial charge in [0.25, 0.3) is 0 Å². The number of rotatable bonds is 6. The van der Waals surface area contributed by atoms with Crippen molar-refractivity contribution in [2.75, 3.05) is 24.2 Å². The number of nitrogens with zero attached hydrogens (tertiary/aromatic N) is 2. The number of hydrogen-bond donors (Lipinski definition) is 1. The third-order valence-electron chi connectivity index (χ3n) is 5.54. The molecule has 0 bridgehead atoms. The molecule has 4 rings (SSSR count). The molecule has 1 aliphatic rings. The first-order chi connectivity index (χ1) is 14.5. The second kappa shape index (κ2) is 8.96. The van der Waals surface area contributed by atoms with Crippen molar-refractivity contribution in [1.29, 1.82) is 0 Å². The predicted octanol–water partition coefficient (Wildman–Crippen LogP) is 4.61. The number of nitrogens with one attached hydrogen (secondary N) is 1. The molecule has 6 heteroatoms. The number of thioether (sulfide) groups is 1. The van der Waals surface area contributed by atoms with E-state index in [4.69, 9.17) is 0 Å². The number of carbonyl (C=O) groups is 2. The quantitative estimate of drug-likeness (QED) is 0.591. The summed E-state index contributed by atoms with van der Waals surface area (Å²) in [5.74, 6) is 0.456. The molecule has 1 saturated heterocycles. The van der Waals surface area contributed by atoms with E-state index in [1.54, 1.807) is 0 Å². The zero-order valence-electron chi connectivity index (χ0n) is 17.5. The van der Waals surface area contributed by atoms with Gasteiger partial charge in [0.05, 0.1) is 5.75 Å². The average molecular weight is 422 g/mol. The molecule has 1 aliphatic heterocycles. The van der Waals surface area contributed by atoms with Gasteiger partial charge in [0.15, 0.2) is 0 Å². The molecule has 1 aromatic heterocycles. The lowest BCUT2D eigenvalue weighted by Gasteiger charge is -2.15. The number of hydrogen-bond acceptors (Lipinski definition) is 3. The minimum Gasteiger partial charge on any atom is -0.341 e. The SMILES string of the molecule is Cc1ccc(C)c(NC(=O)CSc2cn(CC(=O)N3CCCC3)c3ccccc23)c1. The smallest absolute Gasteiger partial charge is 0.242 e. The van der Waals surface area contributed by atoms with Gasteiger partial charge in [0.1, 0.15) is 6.54 Å². The van der Waals surface area contributed by atoms with Crippen LogP contribution in [0.3, 0.4) is 0 Å². The number of carbonyl (C=O) groups excluding carboxylic acids is 2. The molecule has 1 fully saturated rings. The molecule has 0 radical (unpaired) electrons. The summed E-state index contributed by atoms with van der Waals surface area (Å²) in [5.41, 5.74) is 4.06. The molecule has 2 aromatic carbocycles. The summed E-state index contributed by atoms with van der Waals surface area (Å²) in [6.07, 6.45) is 4.19. The van der Waals surface area contributed by atoms with Gasteiger partial charge in [0, 0.05) is 40.8 Å². The van der Waals surface area contributed by atoms with Crippen LogP contribution in [0.15, 0.2) is 53.6 Å². The van der Waals surface area contributed by atoms with Crippen LogP contribution in [0.25, 0.3) is 10.9 Å². The van der Waals surface area contributed by atoms with Crippen LogP contribution in [0.4, 0.5) is 5.69 Å². The molecule has 0 spiro atoms. The van der Waals surface area contributed by atoms with Gasteiger partial charge in [-0.15, -0.1) is 11.8 Å². The Bertz CT molecular complexity index is 1080. The number of aryl methyl sites for hydroxylation is 2. The van der Waals surface area contributed by atoms with E-state index in [1.165, 1.54) is 11.8 Å². The first kappa shape index (κ1) is 20.5. The molecule has 0 aliphatic carbocycles. The van der Waals surface area contributed by atoms with E-state index in [9.17, 15) is 9.59 Å². The molecular weight excluding hydrogens is 394 g/mol. The average Bonchev–Trinajstić information content (AvgIpc) is 3.38. The van der Waals surface area contributed by atoms with Crippen molar-refractivity contribution in [3.05, 3.63) is 59.8 Å². The number of benzene rings is 2. The molecule has 2 amide bonds. The van der Waals surface area contributed by atoms with E-state index in [0.717, 1.165) is 58.5 Å². The summed E-state index contributed by atoms with van der Waals surface area (Å²) in [6.45, 7) is 6.07. The van der Waals surface area contributed by atoms with Gasteiger partial charge in [-0.05, 0) is 49.9 Å². The number of para-hydroxylation sites is 1. The lowest BCUT2D eigenvalue weighted by molar-refractivity contribution is -0.130. The van der Waals surface area contributed by atoms with E-state index in [1.807, 2.05) is 65.9 Å². The van der Waals surface area contributed by atoms with Crippen LogP contribution < -0.4 is 5.32 Å². The van der Waals surface area contributed by atoms with E-state index < -0.39 is 0 Å². The summed E-state index contributed by atoms with van der Waals surface area (Å²) >= 11 is 1.51. The Labute approximate surface area is 181 Å². The maximum absolute atomic E-state index is 12.6. The molecule has 5 nitrogen and oxygen atoms in total. The highest BCUT2D eigenvalue weighted by Crippen LogP contribution is 2.30. The third kappa shape index (κ3) is 4.54. The van der Waals surface area contributed by atoms with Gasteiger partial charge in [-0.2, -0.15) is 0 Å². The van der Waals surface area contributed by atoms with Crippen molar-refractivity contribution in [1.82, 2.24) is 9.47 Å². The summed E-state index contributed by atoms with van der Waals surface area (Å²) in [5, 5.41) is 4.10. The third-order valence-corrected chi connectivity index (χ3v) is 6.59. The monoisotopic (exact) mass is 421 g/mol. The molecule has 30 heavy (non-hydrogen) atoms. The Hall–Kier alpha value is -2.73. The molecule has 3 aromatic rings. The Morgan fingerprint density at radius 1 is 1.07 bits per heavy atom. The lowest BCUT2D eigenvalue weighted by Crippen LogP contribution is -2.30.